The molecule has 80 valence electrons. The van der Waals surface area contributed by atoms with Crippen molar-refractivity contribution in [3.8, 4) is 0 Å². The molecule has 0 heterocycles. The third kappa shape index (κ3) is 2.76. The van der Waals surface area contributed by atoms with E-state index in [2.05, 4.69) is 26.2 Å². The van der Waals surface area contributed by atoms with Crippen molar-refractivity contribution in [1.29, 1.82) is 0 Å². The van der Waals surface area contributed by atoms with Crippen molar-refractivity contribution in [3.05, 3.63) is 58.6 Å². The highest BCUT2D eigenvalue weighted by Crippen LogP contribution is 2.24. The predicted molar refractivity (Wildman–Crippen MR) is 69.5 cm³/mol. The molecule has 2 aromatic carbocycles. The minimum absolute atomic E-state index is 0.866. The molecular formula is C13H11BrN2. The molecule has 16 heavy (non-hydrogen) atoms. The quantitative estimate of drug-likeness (QED) is 0.675. The van der Waals surface area contributed by atoms with Crippen LogP contribution >= 0.6 is 15.9 Å². The van der Waals surface area contributed by atoms with Crippen LogP contribution in [0.25, 0.3) is 0 Å². The van der Waals surface area contributed by atoms with Crippen molar-refractivity contribution in [3.63, 3.8) is 0 Å². The van der Waals surface area contributed by atoms with Crippen molar-refractivity contribution >= 4 is 27.3 Å². The molecule has 0 radical (unpaired) electrons. The molecule has 0 unspecified atom stereocenters. The molecule has 0 fully saturated rings. The second-order valence-electron chi connectivity index (χ2n) is 3.47. The average molecular weight is 275 g/mol. The highest BCUT2D eigenvalue weighted by atomic mass is 79.9. The molecular weight excluding hydrogens is 264 g/mol. The summed E-state index contributed by atoms with van der Waals surface area (Å²) in [5.74, 6) is 0. The van der Waals surface area contributed by atoms with E-state index in [0.717, 1.165) is 21.4 Å². The highest BCUT2D eigenvalue weighted by molar-refractivity contribution is 9.10. The Morgan fingerprint density at radius 1 is 0.938 bits per heavy atom. The summed E-state index contributed by atoms with van der Waals surface area (Å²) in [6.07, 6.45) is 0. The second-order valence-corrected chi connectivity index (χ2v) is 4.38. The molecule has 0 saturated heterocycles. The first kappa shape index (κ1) is 11.0. The molecule has 0 N–H and O–H groups in total. The van der Waals surface area contributed by atoms with Crippen LogP contribution in [0.15, 0.2) is 63.2 Å². The molecule has 2 nitrogen and oxygen atoms in total. The Kier molecular flexibility index (Phi) is 3.47. The van der Waals surface area contributed by atoms with Gasteiger partial charge in [-0.15, -0.1) is 0 Å². The molecule has 0 aliphatic heterocycles. The average Bonchev–Trinajstić information content (AvgIpc) is 2.29. The van der Waals surface area contributed by atoms with Crippen LogP contribution in [0.5, 0.6) is 0 Å². The van der Waals surface area contributed by atoms with Gasteiger partial charge in [0.1, 0.15) is 0 Å². The molecule has 0 atom stereocenters. The van der Waals surface area contributed by atoms with Gasteiger partial charge in [-0.1, -0.05) is 34.1 Å². The number of aryl methyl sites for hydroxylation is 1. The highest BCUT2D eigenvalue weighted by Gasteiger charge is 1.96. The van der Waals surface area contributed by atoms with Crippen LogP contribution in [0, 0.1) is 6.92 Å². The van der Waals surface area contributed by atoms with Crippen molar-refractivity contribution in [2.45, 2.75) is 6.92 Å². The van der Waals surface area contributed by atoms with Crippen molar-refractivity contribution in [1.82, 2.24) is 0 Å². The smallest absolute Gasteiger partial charge is 0.0886 e. The lowest BCUT2D eigenvalue weighted by molar-refractivity contribution is 1.21. The van der Waals surface area contributed by atoms with E-state index in [9.17, 15) is 0 Å². The number of rotatable bonds is 2. The van der Waals surface area contributed by atoms with E-state index < -0.39 is 0 Å². The summed E-state index contributed by atoms with van der Waals surface area (Å²) in [6, 6.07) is 15.7. The topological polar surface area (TPSA) is 24.7 Å². The first-order valence-corrected chi connectivity index (χ1v) is 5.78. The van der Waals surface area contributed by atoms with Gasteiger partial charge in [-0.25, -0.2) is 0 Å². The molecule has 0 amide bonds. The van der Waals surface area contributed by atoms with Gasteiger partial charge in [0, 0.05) is 4.47 Å². The largest absolute Gasteiger partial charge is 0.151 e. The van der Waals surface area contributed by atoms with Crippen LogP contribution in [0.3, 0.4) is 0 Å². The zero-order valence-electron chi connectivity index (χ0n) is 8.89. The first-order chi connectivity index (χ1) is 7.75. The number of hydrogen-bond donors (Lipinski definition) is 0. The summed E-state index contributed by atoms with van der Waals surface area (Å²) in [4.78, 5) is 0. The minimum atomic E-state index is 0.866. The van der Waals surface area contributed by atoms with Crippen LogP contribution in [-0.4, -0.2) is 0 Å². The maximum Gasteiger partial charge on any atom is 0.0886 e. The zero-order chi connectivity index (χ0) is 11.4. The van der Waals surface area contributed by atoms with E-state index in [1.165, 1.54) is 0 Å². The molecule has 0 aromatic heterocycles. The molecule has 0 spiro atoms. The lowest BCUT2D eigenvalue weighted by Gasteiger charge is -1.98. The van der Waals surface area contributed by atoms with E-state index in [1.54, 1.807) is 0 Å². The van der Waals surface area contributed by atoms with Crippen LogP contribution in [0.2, 0.25) is 0 Å². The lowest BCUT2D eigenvalue weighted by Crippen LogP contribution is -1.73. The van der Waals surface area contributed by atoms with Crippen molar-refractivity contribution in [2.75, 3.05) is 0 Å². The summed E-state index contributed by atoms with van der Waals surface area (Å²) in [5.41, 5.74) is 2.87. The van der Waals surface area contributed by atoms with Gasteiger partial charge in [0.05, 0.1) is 11.4 Å². The third-order valence-corrected chi connectivity index (χ3v) is 2.68. The standard InChI is InChI=1S/C13H11BrN2/c1-10-9-11(14)7-8-13(10)16-15-12-5-3-2-4-6-12/h2-9H,1H3. The predicted octanol–water partition coefficient (Wildman–Crippen LogP) is 5.17. The van der Waals surface area contributed by atoms with Crippen LogP contribution in [0.4, 0.5) is 11.4 Å². The van der Waals surface area contributed by atoms with Crippen molar-refractivity contribution < 1.29 is 0 Å². The van der Waals surface area contributed by atoms with Gasteiger partial charge in [0.2, 0.25) is 0 Å². The Morgan fingerprint density at radius 3 is 2.38 bits per heavy atom. The van der Waals surface area contributed by atoms with Gasteiger partial charge < -0.3 is 0 Å². The van der Waals surface area contributed by atoms with E-state index in [0.29, 0.717) is 0 Å². The van der Waals surface area contributed by atoms with Crippen LogP contribution < -0.4 is 0 Å². The molecule has 0 aliphatic carbocycles. The van der Waals surface area contributed by atoms with Crippen LogP contribution in [-0.2, 0) is 0 Å². The summed E-state index contributed by atoms with van der Waals surface area (Å²) < 4.78 is 1.06. The molecule has 0 aliphatic rings. The number of halogens is 1. The van der Waals surface area contributed by atoms with E-state index in [4.69, 9.17) is 0 Å². The fourth-order valence-electron chi connectivity index (χ4n) is 1.34. The van der Waals surface area contributed by atoms with Gasteiger partial charge in [-0.3, -0.25) is 0 Å². The summed E-state index contributed by atoms with van der Waals surface area (Å²) in [6.45, 7) is 2.02. The SMILES string of the molecule is Cc1cc(Br)ccc1N=Nc1ccccc1. The first-order valence-electron chi connectivity index (χ1n) is 4.98. The molecule has 2 rings (SSSR count). The maximum atomic E-state index is 4.22. The van der Waals surface area contributed by atoms with E-state index in [1.807, 2.05) is 55.5 Å². The Bertz CT molecular complexity index is 507. The maximum absolute atomic E-state index is 4.22. The fourth-order valence-corrected chi connectivity index (χ4v) is 1.81. The fraction of sp³-hybridized carbons (Fsp3) is 0.0769. The Labute approximate surface area is 103 Å². The molecule has 0 bridgehead atoms. The van der Waals surface area contributed by atoms with Crippen molar-refractivity contribution in [2.24, 2.45) is 10.2 Å². The zero-order valence-corrected chi connectivity index (χ0v) is 10.5. The Hall–Kier alpha value is -1.48. The Morgan fingerprint density at radius 2 is 1.69 bits per heavy atom. The number of hydrogen-bond acceptors (Lipinski definition) is 2. The summed E-state index contributed by atoms with van der Waals surface area (Å²) in [5, 5.41) is 8.40. The summed E-state index contributed by atoms with van der Waals surface area (Å²) in [7, 11) is 0. The normalized spacial score (nSPS) is 10.9. The van der Waals surface area contributed by atoms with Gasteiger partial charge in [-0.05, 0) is 42.8 Å². The number of benzene rings is 2. The lowest BCUT2D eigenvalue weighted by atomic mass is 10.2. The van der Waals surface area contributed by atoms with Crippen LogP contribution in [0.1, 0.15) is 5.56 Å². The Balaban J connectivity index is 2.24. The minimum Gasteiger partial charge on any atom is -0.151 e. The second kappa shape index (κ2) is 5.03. The monoisotopic (exact) mass is 274 g/mol. The van der Waals surface area contributed by atoms with Gasteiger partial charge in [-0.2, -0.15) is 10.2 Å². The van der Waals surface area contributed by atoms with E-state index >= 15 is 0 Å². The number of azo groups is 1. The summed E-state index contributed by atoms with van der Waals surface area (Å²) >= 11 is 3.42. The van der Waals surface area contributed by atoms with Gasteiger partial charge >= 0.3 is 0 Å². The third-order valence-electron chi connectivity index (χ3n) is 2.19. The molecule has 3 heteroatoms. The molecule has 2 aromatic rings. The number of nitrogens with zero attached hydrogens (tertiary/aromatic N) is 2. The van der Waals surface area contributed by atoms with Gasteiger partial charge in [0.15, 0.2) is 0 Å². The molecule has 0 saturated carbocycles. The van der Waals surface area contributed by atoms with Gasteiger partial charge in [0.25, 0.3) is 0 Å². The van der Waals surface area contributed by atoms with E-state index in [-0.39, 0.29) is 0 Å².